The Morgan fingerprint density at radius 3 is 2.73 bits per heavy atom. The second-order valence-corrected chi connectivity index (χ2v) is 4.78. The van der Waals surface area contributed by atoms with Crippen LogP contribution in [-0.4, -0.2) is 66.4 Å². The van der Waals surface area contributed by atoms with Crippen molar-refractivity contribution in [1.29, 1.82) is 0 Å². The van der Waals surface area contributed by atoms with Crippen LogP contribution in [0, 0.1) is 5.92 Å². The molecule has 10 nitrogen and oxygen atoms in total. The topological polar surface area (TPSA) is 154 Å². The van der Waals surface area contributed by atoms with E-state index in [1.807, 2.05) is 0 Å². The summed E-state index contributed by atoms with van der Waals surface area (Å²) in [6.45, 7) is 0.987. The number of aliphatic hydroxyl groups is 3. The minimum Gasteiger partial charge on any atom is -0.542 e. The van der Waals surface area contributed by atoms with E-state index >= 15 is 0 Å². The Morgan fingerprint density at radius 2 is 2.23 bits per heavy atom. The van der Waals surface area contributed by atoms with E-state index in [9.17, 15) is 20.1 Å². The van der Waals surface area contributed by atoms with Gasteiger partial charge in [-0.15, -0.1) is 5.10 Å². The van der Waals surface area contributed by atoms with Gasteiger partial charge in [0.15, 0.2) is 0 Å². The molecule has 0 bridgehead atoms. The monoisotopic (exact) mass is 322 g/mol. The van der Waals surface area contributed by atoms with Crippen molar-refractivity contribution in [2.24, 2.45) is 5.92 Å². The third-order valence-corrected chi connectivity index (χ3v) is 3.43. The van der Waals surface area contributed by atoms with Gasteiger partial charge >= 0.3 is 29.6 Å². The van der Waals surface area contributed by atoms with Gasteiger partial charge in [-0.1, -0.05) is 6.92 Å². The predicted molar refractivity (Wildman–Crippen MR) is 63.1 cm³/mol. The number of ether oxygens (including phenoxy) is 1. The van der Waals surface area contributed by atoms with Crippen LogP contribution in [0.3, 0.4) is 0 Å². The van der Waals surface area contributed by atoms with Crippen molar-refractivity contribution in [2.45, 2.75) is 31.3 Å². The Morgan fingerprint density at radius 1 is 1.55 bits per heavy atom. The van der Waals surface area contributed by atoms with Gasteiger partial charge in [-0.25, -0.2) is 4.68 Å². The zero-order valence-corrected chi connectivity index (χ0v) is 14.1. The van der Waals surface area contributed by atoms with Crippen molar-refractivity contribution >= 4 is 5.97 Å². The van der Waals surface area contributed by atoms with E-state index in [1.54, 1.807) is 6.92 Å². The largest absolute Gasteiger partial charge is 1.00 e. The van der Waals surface area contributed by atoms with Crippen LogP contribution < -0.4 is 34.7 Å². The number of carbonyl (C=O) groups excluding carboxylic acids is 1. The number of tetrazole rings is 1. The third kappa shape index (κ3) is 3.83. The van der Waals surface area contributed by atoms with Crippen LogP contribution in [0.2, 0.25) is 0 Å². The Balaban J connectivity index is 0.00000242. The third-order valence-electron chi connectivity index (χ3n) is 3.43. The Labute approximate surface area is 147 Å². The van der Waals surface area contributed by atoms with Crippen molar-refractivity contribution in [3.8, 4) is 0 Å². The summed E-state index contributed by atoms with van der Waals surface area (Å²) in [5, 5.41) is 50.1. The maximum Gasteiger partial charge on any atom is 1.00 e. The molecule has 1 aliphatic rings. The maximum absolute atomic E-state index is 11.0. The molecule has 1 aromatic rings. The molecule has 22 heavy (non-hydrogen) atoms. The standard InChI is InChI=1S/C11H16N4O6.Na/c1-5-6(15-4-12-13-14-15)2-8(11(19)20)21-10(5)9(18)7(17)3-16;/h2,4-7,9-10,16-18H,3H2,1H3,(H,19,20);/q;+1/p-1/t5-,6+,7-,9-,10-;/m1./s1. The Kier molecular flexibility index (Phi) is 6.91. The number of carboxylic acid groups (broad SMARTS) is 1. The summed E-state index contributed by atoms with van der Waals surface area (Å²) in [6.07, 6.45) is -1.45. The minimum absolute atomic E-state index is 0. The van der Waals surface area contributed by atoms with E-state index in [1.165, 1.54) is 17.1 Å². The van der Waals surface area contributed by atoms with Gasteiger partial charge in [-0.3, -0.25) is 0 Å². The van der Waals surface area contributed by atoms with E-state index in [0.29, 0.717) is 0 Å². The van der Waals surface area contributed by atoms with Gasteiger partial charge in [0.2, 0.25) is 0 Å². The molecule has 0 fully saturated rings. The molecule has 0 aliphatic carbocycles. The van der Waals surface area contributed by atoms with Crippen LogP contribution in [0.25, 0.3) is 0 Å². The summed E-state index contributed by atoms with van der Waals surface area (Å²) in [6, 6.07) is -0.604. The van der Waals surface area contributed by atoms with Crippen molar-refractivity contribution < 1.29 is 59.5 Å². The number of carboxylic acids is 1. The number of carbonyl (C=O) groups is 1. The molecule has 3 N–H and O–H groups in total. The summed E-state index contributed by atoms with van der Waals surface area (Å²) >= 11 is 0. The molecule has 1 aliphatic heterocycles. The van der Waals surface area contributed by atoms with Crippen LogP contribution >= 0.6 is 0 Å². The second kappa shape index (κ2) is 7.99. The van der Waals surface area contributed by atoms with Crippen LogP contribution in [0.5, 0.6) is 0 Å². The van der Waals surface area contributed by atoms with Gasteiger partial charge in [-0.05, 0) is 16.5 Å². The zero-order chi connectivity index (χ0) is 15.6. The molecule has 0 aromatic carbocycles. The van der Waals surface area contributed by atoms with E-state index < -0.39 is 48.6 Å². The van der Waals surface area contributed by atoms with Crippen LogP contribution in [0.1, 0.15) is 13.0 Å². The number of aliphatic hydroxyl groups excluding tert-OH is 3. The van der Waals surface area contributed by atoms with Gasteiger partial charge in [0.05, 0.1) is 12.6 Å². The van der Waals surface area contributed by atoms with E-state index in [-0.39, 0.29) is 29.6 Å². The molecule has 0 unspecified atom stereocenters. The van der Waals surface area contributed by atoms with E-state index in [4.69, 9.17) is 9.84 Å². The van der Waals surface area contributed by atoms with Crippen LogP contribution in [-0.2, 0) is 9.53 Å². The molecule has 5 atom stereocenters. The number of aliphatic carboxylic acids is 1. The summed E-state index contributed by atoms with van der Waals surface area (Å²) in [4.78, 5) is 11.0. The number of aromatic nitrogens is 4. The molecular weight excluding hydrogens is 307 g/mol. The molecule has 0 amide bonds. The van der Waals surface area contributed by atoms with Crippen molar-refractivity contribution in [2.75, 3.05) is 6.61 Å². The quantitative estimate of drug-likeness (QED) is 0.449. The number of hydrogen-bond acceptors (Lipinski definition) is 9. The molecule has 0 saturated heterocycles. The smallest absolute Gasteiger partial charge is 0.542 e. The van der Waals surface area contributed by atoms with Crippen molar-refractivity contribution in [1.82, 2.24) is 20.2 Å². The Hall–Kier alpha value is -1.04. The molecule has 2 rings (SSSR count). The first-order valence-electron chi connectivity index (χ1n) is 6.25. The normalized spacial score (nSPS) is 27.1. The summed E-state index contributed by atoms with van der Waals surface area (Å²) in [5.41, 5.74) is 0. The average Bonchev–Trinajstić information content (AvgIpc) is 2.99. The number of allylic oxidation sites excluding steroid dienone is 1. The van der Waals surface area contributed by atoms with Gasteiger partial charge in [-0.2, -0.15) is 0 Å². The van der Waals surface area contributed by atoms with Crippen molar-refractivity contribution in [3.05, 3.63) is 18.2 Å². The van der Waals surface area contributed by atoms with Crippen LogP contribution in [0.4, 0.5) is 0 Å². The summed E-state index contributed by atoms with van der Waals surface area (Å²) in [7, 11) is 0. The van der Waals surface area contributed by atoms with Crippen molar-refractivity contribution in [3.63, 3.8) is 0 Å². The fraction of sp³-hybridized carbons (Fsp3) is 0.636. The molecule has 1 aromatic heterocycles. The second-order valence-electron chi connectivity index (χ2n) is 4.78. The molecule has 0 spiro atoms. The predicted octanol–water partition coefficient (Wildman–Crippen LogP) is -6.40. The van der Waals surface area contributed by atoms with E-state index in [2.05, 4.69) is 15.5 Å². The maximum atomic E-state index is 11.0. The van der Waals surface area contributed by atoms with E-state index in [0.717, 1.165) is 0 Å². The van der Waals surface area contributed by atoms with Crippen LogP contribution in [0.15, 0.2) is 18.2 Å². The molecule has 0 saturated carbocycles. The molecule has 116 valence electrons. The first-order valence-corrected chi connectivity index (χ1v) is 6.25. The Bertz CT molecular complexity index is 525. The summed E-state index contributed by atoms with van der Waals surface area (Å²) in [5.74, 6) is -2.51. The first-order chi connectivity index (χ1) is 9.95. The molecular formula is C11H15N4NaO6. The number of hydrogen-bond donors (Lipinski definition) is 3. The van der Waals surface area contributed by atoms with Gasteiger partial charge in [0.25, 0.3) is 0 Å². The average molecular weight is 322 g/mol. The molecule has 11 heteroatoms. The summed E-state index contributed by atoms with van der Waals surface area (Å²) < 4.78 is 6.48. The van der Waals surface area contributed by atoms with Gasteiger partial charge < -0.3 is 30.0 Å². The minimum atomic E-state index is -1.56. The fourth-order valence-electron chi connectivity index (χ4n) is 2.24. The SMILES string of the molecule is C[C@H]1[C@H]([C@H](O)[C@H](O)CO)OC(C(=O)[O-])=C[C@@H]1n1cnnn1.[Na+]. The molecule has 2 heterocycles. The molecule has 0 radical (unpaired) electrons. The number of nitrogens with zero attached hydrogens (tertiary/aromatic N) is 4. The van der Waals surface area contributed by atoms with Gasteiger partial charge in [0, 0.05) is 5.92 Å². The fourth-order valence-corrected chi connectivity index (χ4v) is 2.24. The van der Waals surface area contributed by atoms with Gasteiger partial charge in [0.1, 0.15) is 36.4 Å². The number of rotatable bonds is 5. The first kappa shape index (κ1) is 19.0. The zero-order valence-electron chi connectivity index (χ0n) is 12.1.